The van der Waals surface area contributed by atoms with E-state index in [9.17, 15) is 0 Å². The van der Waals surface area contributed by atoms with Crippen LogP contribution in [-0.2, 0) is 15.9 Å². The number of hydrogen-bond donors (Lipinski definition) is 2. The molecule has 160 valence electrons. The Balaban J connectivity index is 0.00000392. The van der Waals surface area contributed by atoms with Crippen LogP contribution in [0.2, 0.25) is 0 Å². The van der Waals surface area contributed by atoms with Crippen molar-refractivity contribution >= 4 is 35.6 Å². The highest BCUT2D eigenvalue weighted by Crippen LogP contribution is 2.13. The quantitative estimate of drug-likeness (QED) is 0.210. The van der Waals surface area contributed by atoms with Crippen LogP contribution >= 0.6 is 24.0 Å². The van der Waals surface area contributed by atoms with Crippen LogP contribution in [-0.4, -0.2) is 66.6 Å². The number of nitrogens with one attached hydrogen (secondary N) is 2. The molecule has 1 unspecified atom stereocenters. The number of ether oxygens (including phenoxy) is 2. The van der Waals surface area contributed by atoms with Gasteiger partial charge in [0, 0.05) is 59.1 Å². The van der Waals surface area contributed by atoms with E-state index in [1.165, 1.54) is 11.3 Å². The van der Waals surface area contributed by atoms with Gasteiger partial charge in [0.15, 0.2) is 5.96 Å². The van der Waals surface area contributed by atoms with Crippen LogP contribution in [0.15, 0.2) is 29.3 Å². The SMILES string of the molecule is CN=C(NCCCOCC1CCOC1)NCCCc1ccc(N(C)C)cc1.I. The third-order valence-corrected chi connectivity index (χ3v) is 4.75. The lowest BCUT2D eigenvalue weighted by Crippen LogP contribution is -2.38. The number of aliphatic imine (C=N–C) groups is 1. The van der Waals surface area contributed by atoms with Gasteiger partial charge in [-0.1, -0.05) is 12.1 Å². The largest absolute Gasteiger partial charge is 0.381 e. The van der Waals surface area contributed by atoms with Crippen LogP contribution in [0.4, 0.5) is 5.69 Å². The maximum Gasteiger partial charge on any atom is 0.190 e. The third kappa shape index (κ3) is 9.93. The van der Waals surface area contributed by atoms with Crippen molar-refractivity contribution in [3.05, 3.63) is 29.8 Å². The van der Waals surface area contributed by atoms with Gasteiger partial charge >= 0.3 is 0 Å². The third-order valence-electron chi connectivity index (χ3n) is 4.75. The lowest BCUT2D eigenvalue weighted by atomic mass is 10.1. The molecule has 1 aromatic carbocycles. The van der Waals surface area contributed by atoms with Crippen LogP contribution < -0.4 is 15.5 Å². The van der Waals surface area contributed by atoms with E-state index in [-0.39, 0.29) is 24.0 Å². The first-order valence-electron chi connectivity index (χ1n) is 10.1. The molecular formula is C21H37IN4O2. The van der Waals surface area contributed by atoms with Gasteiger partial charge in [-0.05, 0) is 43.4 Å². The van der Waals surface area contributed by atoms with E-state index in [1.54, 1.807) is 0 Å². The molecule has 1 fully saturated rings. The molecule has 28 heavy (non-hydrogen) atoms. The lowest BCUT2D eigenvalue weighted by molar-refractivity contribution is 0.0888. The van der Waals surface area contributed by atoms with E-state index in [0.29, 0.717) is 5.92 Å². The van der Waals surface area contributed by atoms with Crippen molar-refractivity contribution < 1.29 is 9.47 Å². The molecule has 7 heteroatoms. The molecule has 0 radical (unpaired) electrons. The highest BCUT2D eigenvalue weighted by Gasteiger charge is 2.15. The molecule has 0 spiro atoms. The number of rotatable bonds is 11. The second-order valence-corrected chi connectivity index (χ2v) is 7.25. The minimum absolute atomic E-state index is 0. The Morgan fingerprint density at radius 2 is 1.89 bits per heavy atom. The van der Waals surface area contributed by atoms with Crippen molar-refractivity contribution in [2.45, 2.75) is 25.7 Å². The van der Waals surface area contributed by atoms with Gasteiger partial charge in [0.1, 0.15) is 0 Å². The van der Waals surface area contributed by atoms with Crippen LogP contribution in [0, 0.1) is 5.92 Å². The Morgan fingerprint density at radius 1 is 1.18 bits per heavy atom. The molecule has 0 aliphatic carbocycles. The summed E-state index contributed by atoms with van der Waals surface area (Å²) < 4.78 is 11.1. The number of halogens is 1. The number of anilines is 1. The highest BCUT2D eigenvalue weighted by molar-refractivity contribution is 14.0. The van der Waals surface area contributed by atoms with E-state index in [2.05, 4.69) is 58.9 Å². The second-order valence-electron chi connectivity index (χ2n) is 7.25. The minimum Gasteiger partial charge on any atom is -0.381 e. The molecule has 0 bridgehead atoms. The Kier molecular flexibility index (Phi) is 13.3. The normalized spacial score (nSPS) is 16.5. The molecule has 1 aromatic rings. The van der Waals surface area contributed by atoms with Crippen molar-refractivity contribution in [3.63, 3.8) is 0 Å². The fourth-order valence-electron chi connectivity index (χ4n) is 3.03. The molecule has 0 amide bonds. The highest BCUT2D eigenvalue weighted by atomic mass is 127. The second kappa shape index (κ2) is 14.9. The summed E-state index contributed by atoms with van der Waals surface area (Å²) in [5.74, 6) is 1.45. The zero-order valence-corrected chi connectivity index (χ0v) is 19.9. The van der Waals surface area contributed by atoms with Crippen LogP contribution in [0.3, 0.4) is 0 Å². The number of hydrogen-bond acceptors (Lipinski definition) is 4. The average Bonchev–Trinajstić information content (AvgIpc) is 3.20. The summed E-state index contributed by atoms with van der Waals surface area (Å²) >= 11 is 0. The Bertz CT molecular complexity index is 546. The van der Waals surface area contributed by atoms with E-state index >= 15 is 0 Å². The fourth-order valence-corrected chi connectivity index (χ4v) is 3.03. The first kappa shape index (κ1) is 25.0. The molecule has 2 rings (SSSR count). The fraction of sp³-hybridized carbons (Fsp3) is 0.667. The summed E-state index contributed by atoms with van der Waals surface area (Å²) in [5.41, 5.74) is 2.61. The first-order valence-corrected chi connectivity index (χ1v) is 10.1. The van der Waals surface area contributed by atoms with Crippen LogP contribution in [0.1, 0.15) is 24.8 Å². The van der Waals surface area contributed by atoms with Crippen molar-refractivity contribution in [3.8, 4) is 0 Å². The molecule has 1 aliphatic rings. The lowest BCUT2D eigenvalue weighted by Gasteiger charge is -2.14. The summed E-state index contributed by atoms with van der Waals surface area (Å²) in [6.07, 6.45) is 4.26. The van der Waals surface area contributed by atoms with Crippen LogP contribution in [0.5, 0.6) is 0 Å². The molecular weight excluding hydrogens is 467 g/mol. The van der Waals surface area contributed by atoms with Gasteiger partial charge in [-0.25, -0.2) is 0 Å². The monoisotopic (exact) mass is 504 g/mol. The predicted molar refractivity (Wildman–Crippen MR) is 128 cm³/mol. The first-order chi connectivity index (χ1) is 13.2. The Labute approximate surface area is 187 Å². The van der Waals surface area contributed by atoms with Gasteiger partial charge in [0.05, 0.1) is 13.2 Å². The number of aryl methyl sites for hydroxylation is 1. The van der Waals surface area contributed by atoms with E-state index in [0.717, 1.165) is 71.2 Å². The van der Waals surface area contributed by atoms with Gasteiger partial charge < -0.3 is 25.0 Å². The maximum absolute atomic E-state index is 5.72. The topological polar surface area (TPSA) is 58.1 Å². The molecule has 6 nitrogen and oxygen atoms in total. The summed E-state index contributed by atoms with van der Waals surface area (Å²) in [6.45, 7) is 5.12. The smallest absolute Gasteiger partial charge is 0.190 e. The standard InChI is InChI=1S/C21H36N4O2.HI/c1-22-21(24-13-5-14-26-16-19-11-15-27-17-19)23-12-4-6-18-7-9-20(10-8-18)25(2)3;/h7-10,19H,4-6,11-17H2,1-3H3,(H2,22,23,24);1H. The molecule has 1 heterocycles. The van der Waals surface area contributed by atoms with Crippen LogP contribution in [0.25, 0.3) is 0 Å². The summed E-state index contributed by atoms with van der Waals surface area (Å²) in [6, 6.07) is 8.76. The summed E-state index contributed by atoms with van der Waals surface area (Å²) in [7, 11) is 5.94. The van der Waals surface area contributed by atoms with Crippen molar-refractivity contribution in [2.24, 2.45) is 10.9 Å². The average molecular weight is 504 g/mol. The molecule has 1 aliphatic heterocycles. The number of benzene rings is 1. The van der Waals surface area contributed by atoms with Gasteiger partial charge in [0.25, 0.3) is 0 Å². The zero-order chi connectivity index (χ0) is 19.3. The minimum atomic E-state index is 0. The van der Waals surface area contributed by atoms with Crippen molar-refractivity contribution in [2.75, 3.05) is 65.6 Å². The van der Waals surface area contributed by atoms with E-state index in [4.69, 9.17) is 9.47 Å². The summed E-state index contributed by atoms with van der Waals surface area (Å²) in [5, 5.41) is 6.72. The van der Waals surface area contributed by atoms with Crippen molar-refractivity contribution in [1.29, 1.82) is 0 Å². The maximum atomic E-state index is 5.72. The Hall–Kier alpha value is -1.06. The zero-order valence-electron chi connectivity index (χ0n) is 17.6. The molecule has 0 saturated carbocycles. The Morgan fingerprint density at radius 3 is 2.50 bits per heavy atom. The van der Waals surface area contributed by atoms with Gasteiger partial charge in [0.2, 0.25) is 0 Å². The molecule has 1 saturated heterocycles. The molecule has 0 aromatic heterocycles. The number of nitrogens with zero attached hydrogens (tertiary/aromatic N) is 2. The van der Waals surface area contributed by atoms with E-state index in [1.807, 2.05) is 7.05 Å². The molecule has 2 N–H and O–H groups in total. The predicted octanol–water partition coefficient (Wildman–Crippen LogP) is 2.91. The molecule has 1 atom stereocenters. The van der Waals surface area contributed by atoms with Gasteiger partial charge in [-0.2, -0.15) is 0 Å². The number of guanidine groups is 1. The van der Waals surface area contributed by atoms with Crippen molar-refractivity contribution in [1.82, 2.24) is 10.6 Å². The summed E-state index contributed by atoms with van der Waals surface area (Å²) in [4.78, 5) is 6.40. The van der Waals surface area contributed by atoms with Gasteiger partial charge in [-0.15, -0.1) is 24.0 Å². The van der Waals surface area contributed by atoms with Gasteiger partial charge in [-0.3, -0.25) is 4.99 Å². The van der Waals surface area contributed by atoms with E-state index < -0.39 is 0 Å².